The maximum Gasteiger partial charge on any atom is 0.338 e. The molecule has 2 amide bonds. The van der Waals surface area contributed by atoms with Crippen molar-refractivity contribution in [2.24, 2.45) is 5.92 Å². The molecule has 5 rings (SSSR count). The van der Waals surface area contributed by atoms with Gasteiger partial charge in [0, 0.05) is 32.9 Å². The molecule has 1 aromatic carbocycles. The van der Waals surface area contributed by atoms with Crippen molar-refractivity contribution < 1.29 is 19.1 Å². The Hall–Kier alpha value is -4.46. The molecule has 11 heteroatoms. The van der Waals surface area contributed by atoms with E-state index < -0.39 is 5.97 Å². The van der Waals surface area contributed by atoms with E-state index >= 15 is 0 Å². The summed E-state index contributed by atoms with van der Waals surface area (Å²) in [6.07, 6.45) is 3.78. The van der Waals surface area contributed by atoms with Crippen LogP contribution in [0.5, 0.6) is 0 Å². The van der Waals surface area contributed by atoms with Crippen molar-refractivity contribution >= 4 is 34.8 Å². The molecule has 2 fully saturated rings. The number of hydrogen-bond donors (Lipinski definition) is 0. The Balaban J connectivity index is 1.27. The van der Waals surface area contributed by atoms with Crippen LogP contribution in [-0.2, 0) is 9.53 Å². The molecule has 0 N–H and O–H groups in total. The molecule has 4 heterocycles. The predicted octanol–water partition coefficient (Wildman–Crippen LogP) is 2.53. The van der Waals surface area contributed by atoms with Crippen molar-refractivity contribution in [2.45, 2.75) is 25.3 Å². The number of likely N-dealkylation sites (N-methyl/N-ethyl adjacent to an activating group) is 1. The molecule has 2 saturated heterocycles. The number of rotatable bonds is 6. The number of nitriles is 1. The minimum Gasteiger partial charge on any atom is -0.460 e. The van der Waals surface area contributed by atoms with Crippen LogP contribution in [0.15, 0.2) is 48.9 Å². The molecule has 0 bridgehead atoms. The fraction of sp³-hybridized carbons (Fsp3) is 0.407. The number of esters is 1. The van der Waals surface area contributed by atoms with Crippen LogP contribution in [0.2, 0.25) is 0 Å². The van der Waals surface area contributed by atoms with Gasteiger partial charge in [0.05, 0.1) is 29.1 Å². The van der Waals surface area contributed by atoms with E-state index in [0.29, 0.717) is 42.6 Å². The Bertz CT molecular complexity index is 1420. The molecule has 0 aliphatic carbocycles. The second-order valence-electron chi connectivity index (χ2n) is 9.84. The van der Waals surface area contributed by atoms with E-state index in [1.807, 2.05) is 23.1 Å². The third-order valence-electron chi connectivity index (χ3n) is 7.68. The first kappa shape index (κ1) is 25.2. The topological polar surface area (TPSA) is 125 Å². The molecule has 38 heavy (non-hydrogen) atoms. The van der Waals surface area contributed by atoms with Crippen molar-refractivity contribution in [3.05, 3.63) is 54.5 Å². The minimum absolute atomic E-state index is 0.0600. The van der Waals surface area contributed by atoms with E-state index in [1.54, 1.807) is 37.5 Å². The standard InChI is InChI=1S/C27H29N7O4/c1-19-16-34(22(35)8-11-28)27(19)10-13-32(17-27)23-21-9-12-33(24(21)30-18-29-23)26(37)31(2)14-15-38-25(36)20-6-4-3-5-7-20/h3-7,9,12,18-19H,8,10,13-17H2,1-2H3/t19-,27-/m1/s1. The molecule has 196 valence electrons. The number of anilines is 1. The third kappa shape index (κ3) is 4.32. The summed E-state index contributed by atoms with van der Waals surface area (Å²) in [5.41, 5.74) is 0.633. The number of amides is 2. The van der Waals surface area contributed by atoms with Crippen LogP contribution in [0.4, 0.5) is 10.6 Å². The zero-order chi connectivity index (χ0) is 26.9. The molecule has 0 unspecified atom stereocenters. The van der Waals surface area contributed by atoms with Crippen LogP contribution >= 0.6 is 0 Å². The molecule has 0 saturated carbocycles. The average Bonchev–Trinajstić information content (AvgIpc) is 3.58. The fourth-order valence-corrected chi connectivity index (χ4v) is 5.47. The molecular formula is C27H29N7O4. The molecule has 11 nitrogen and oxygen atoms in total. The average molecular weight is 516 g/mol. The number of carbonyl (C=O) groups excluding carboxylic acids is 3. The fourth-order valence-electron chi connectivity index (χ4n) is 5.47. The van der Waals surface area contributed by atoms with E-state index in [4.69, 9.17) is 10.00 Å². The number of likely N-dealkylation sites (tertiary alicyclic amines) is 1. The van der Waals surface area contributed by atoms with Crippen molar-refractivity contribution in [2.75, 3.05) is 44.7 Å². The minimum atomic E-state index is -0.438. The number of aromatic nitrogens is 3. The Labute approximate surface area is 220 Å². The first-order chi connectivity index (χ1) is 18.4. The summed E-state index contributed by atoms with van der Waals surface area (Å²) < 4.78 is 6.76. The molecule has 3 aromatic rings. The van der Waals surface area contributed by atoms with Gasteiger partial charge in [-0.3, -0.25) is 9.36 Å². The Morgan fingerprint density at radius 2 is 2.00 bits per heavy atom. The zero-order valence-electron chi connectivity index (χ0n) is 21.4. The lowest BCUT2D eigenvalue weighted by atomic mass is 9.74. The number of ether oxygens (including phenoxy) is 1. The molecule has 1 spiro atoms. The lowest BCUT2D eigenvalue weighted by Crippen LogP contribution is -2.69. The Morgan fingerprint density at radius 1 is 1.21 bits per heavy atom. The van der Waals surface area contributed by atoms with Crippen LogP contribution in [0.1, 0.15) is 30.1 Å². The van der Waals surface area contributed by atoms with Crippen molar-refractivity contribution in [3.63, 3.8) is 0 Å². The maximum absolute atomic E-state index is 13.2. The SMILES string of the molecule is C[C@@H]1CN(C(=O)CC#N)[C@@]12CCN(c1ncnc3c1ccn3C(=O)N(C)CCOC(=O)c1ccccc1)C2. The quantitative estimate of drug-likeness (QED) is 0.459. The molecular weight excluding hydrogens is 486 g/mol. The van der Waals surface area contributed by atoms with Crippen molar-refractivity contribution in [3.8, 4) is 6.07 Å². The highest BCUT2D eigenvalue weighted by atomic mass is 16.5. The van der Waals surface area contributed by atoms with Gasteiger partial charge in [-0.25, -0.2) is 19.6 Å². The molecule has 2 aliphatic heterocycles. The van der Waals surface area contributed by atoms with Gasteiger partial charge >= 0.3 is 12.0 Å². The normalized spacial score (nSPS) is 20.3. The molecule has 2 aliphatic rings. The highest BCUT2D eigenvalue weighted by molar-refractivity contribution is 5.95. The number of hydrogen-bond acceptors (Lipinski definition) is 8. The zero-order valence-corrected chi connectivity index (χ0v) is 21.4. The molecule has 0 radical (unpaired) electrons. The summed E-state index contributed by atoms with van der Waals surface area (Å²) in [5.74, 6) is 0.467. The number of benzene rings is 1. The number of carbonyl (C=O) groups is 3. The summed E-state index contributed by atoms with van der Waals surface area (Å²) in [6, 6.07) is 12.2. The second-order valence-corrected chi connectivity index (χ2v) is 9.84. The first-order valence-electron chi connectivity index (χ1n) is 12.6. The second kappa shape index (κ2) is 10.1. The van der Waals surface area contributed by atoms with Gasteiger partial charge < -0.3 is 19.4 Å². The van der Waals surface area contributed by atoms with E-state index in [1.165, 1.54) is 15.8 Å². The monoisotopic (exact) mass is 515 g/mol. The summed E-state index contributed by atoms with van der Waals surface area (Å²) in [6.45, 7) is 4.39. The van der Waals surface area contributed by atoms with E-state index in [0.717, 1.165) is 11.8 Å². The van der Waals surface area contributed by atoms with Crippen LogP contribution in [0, 0.1) is 17.2 Å². The first-order valence-corrected chi connectivity index (χ1v) is 12.6. The van der Waals surface area contributed by atoms with Crippen LogP contribution in [-0.4, -0.2) is 87.6 Å². The number of nitrogens with zero attached hydrogens (tertiary/aromatic N) is 7. The Kier molecular flexibility index (Phi) is 6.72. The lowest BCUT2D eigenvalue weighted by molar-refractivity contribution is -0.152. The van der Waals surface area contributed by atoms with Gasteiger partial charge in [0.2, 0.25) is 5.91 Å². The molecule has 2 aromatic heterocycles. The summed E-state index contributed by atoms with van der Waals surface area (Å²) in [5, 5.41) is 9.72. The van der Waals surface area contributed by atoms with Gasteiger partial charge in [-0.1, -0.05) is 25.1 Å². The summed E-state index contributed by atoms with van der Waals surface area (Å²) >= 11 is 0. The van der Waals surface area contributed by atoms with Crippen LogP contribution < -0.4 is 4.90 Å². The van der Waals surface area contributed by atoms with E-state index in [2.05, 4.69) is 21.8 Å². The maximum atomic E-state index is 13.2. The highest BCUT2D eigenvalue weighted by Gasteiger charge is 2.56. The van der Waals surface area contributed by atoms with Crippen molar-refractivity contribution in [1.29, 1.82) is 5.26 Å². The smallest absolute Gasteiger partial charge is 0.338 e. The van der Waals surface area contributed by atoms with E-state index in [9.17, 15) is 14.4 Å². The molecule has 2 atom stereocenters. The summed E-state index contributed by atoms with van der Waals surface area (Å²) in [7, 11) is 1.64. The largest absolute Gasteiger partial charge is 0.460 e. The van der Waals surface area contributed by atoms with Gasteiger partial charge in [0.1, 0.15) is 25.2 Å². The summed E-state index contributed by atoms with van der Waals surface area (Å²) in [4.78, 5) is 52.2. The van der Waals surface area contributed by atoms with Gasteiger partial charge in [-0.2, -0.15) is 5.26 Å². The van der Waals surface area contributed by atoms with Gasteiger partial charge in [0.15, 0.2) is 5.65 Å². The lowest BCUT2D eigenvalue weighted by Gasteiger charge is -2.55. The van der Waals surface area contributed by atoms with Gasteiger partial charge in [-0.05, 0) is 30.5 Å². The van der Waals surface area contributed by atoms with E-state index in [-0.39, 0.29) is 37.0 Å². The third-order valence-corrected chi connectivity index (χ3v) is 7.68. The van der Waals surface area contributed by atoms with Gasteiger partial charge in [-0.15, -0.1) is 0 Å². The van der Waals surface area contributed by atoms with Crippen LogP contribution in [0.3, 0.4) is 0 Å². The van der Waals surface area contributed by atoms with Gasteiger partial charge in [0.25, 0.3) is 0 Å². The number of fused-ring (bicyclic) bond motifs is 1. The highest BCUT2D eigenvalue weighted by Crippen LogP contribution is 2.45. The predicted molar refractivity (Wildman–Crippen MR) is 138 cm³/mol. The van der Waals surface area contributed by atoms with Crippen molar-refractivity contribution in [1.82, 2.24) is 24.3 Å². The Morgan fingerprint density at radius 3 is 2.74 bits per heavy atom. The van der Waals surface area contributed by atoms with Crippen LogP contribution in [0.25, 0.3) is 11.0 Å².